The van der Waals surface area contributed by atoms with E-state index in [1.165, 1.54) is 16.6 Å². The standard InChI is InChI=1S/C12H11N3/c1-2-4-10-8(3-1)5-11-12-9(6-13-14-12)7-15(10)11/h1-5,9,12H,6-7H2/t9-,12+/m1/s1. The van der Waals surface area contributed by atoms with E-state index in [4.69, 9.17) is 0 Å². The van der Waals surface area contributed by atoms with Gasteiger partial charge in [-0.25, -0.2) is 0 Å². The van der Waals surface area contributed by atoms with Crippen molar-refractivity contribution in [3.8, 4) is 0 Å². The van der Waals surface area contributed by atoms with E-state index < -0.39 is 0 Å². The van der Waals surface area contributed by atoms with Crippen LogP contribution in [0, 0.1) is 5.92 Å². The highest BCUT2D eigenvalue weighted by Gasteiger charge is 2.36. The van der Waals surface area contributed by atoms with Crippen molar-refractivity contribution >= 4 is 10.9 Å². The number of fused-ring (bicyclic) bond motifs is 5. The Kier molecular flexibility index (Phi) is 1.26. The summed E-state index contributed by atoms with van der Waals surface area (Å²) in [4.78, 5) is 0. The molecule has 0 radical (unpaired) electrons. The second kappa shape index (κ2) is 2.48. The van der Waals surface area contributed by atoms with Crippen LogP contribution >= 0.6 is 0 Å². The molecule has 0 saturated heterocycles. The van der Waals surface area contributed by atoms with Gasteiger partial charge < -0.3 is 4.57 Å². The summed E-state index contributed by atoms with van der Waals surface area (Å²) in [5, 5.41) is 9.81. The van der Waals surface area contributed by atoms with E-state index >= 15 is 0 Å². The van der Waals surface area contributed by atoms with E-state index in [9.17, 15) is 0 Å². The molecule has 0 N–H and O–H groups in total. The molecule has 0 spiro atoms. The van der Waals surface area contributed by atoms with Gasteiger partial charge in [-0.15, -0.1) is 0 Å². The molecule has 0 fully saturated rings. The fourth-order valence-corrected chi connectivity index (χ4v) is 2.81. The molecule has 4 rings (SSSR count). The number of hydrogen-bond acceptors (Lipinski definition) is 2. The average molecular weight is 197 g/mol. The summed E-state index contributed by atoms with van der Waals surface area (Å²) in [6.45, 7) is 1.99. The predicted octanol–water partition coefficient (Wildman–Crippen LogP) is 2.78. The van der Waals surface area contributed by atoms with Gasteiger partial charge in [-0.2, -0.15) is 10.2 Å². The van der Waals surface area contributed by atoms with Crippen LogP contribution in [0.4, 0.5) is 0 Å². The lowest BCUT2D eigenvalue weighted by Crippen LogP contribution is -2.04. The average Bonchev–Trinajstić information content (AvgIpc) is 2.87. The van der Waals surface area contributed by atoms with Gasteiger partial charge in [0.25, 0.3) is 0 Å². The Morgan fingerprint density at radius 1 is 1.27 bits per heavy atom. The largest absolute Gasteiger partial charge is 0.342 e. The second-order valence-electron chi connectivity index (χ2n) is 4.38. The first-order valence-electron chi connectivity index (χ1n) is 5.38. The first kappa shape index (κ1) is 7.63. The van der Waals surface area contributed by atoms with Crippen LogP contribution in [0.1, 0.15) is 11.7 Å². The van der Waals surface area contributed by atoms with Crippen LogP contribution in [0.2, 0.25) is 0 Å². The van der Waals surface area contributed by atoms with Crippen LogP contribution in [-0.4, -0.2) is 11.1 Å². The zero-order chi connectivity index (χ0) is 9.83. The molecule has 0 unspecified atom stereocenters. The molecule has 2 aliphatic rings. The van der Waals surface area contributed by atoms with Crippen LogP contribution < -0.4 is 0 Å². The maximum Gasteiger partial charge on any atom is 0.117 e. The van der Waals surface area contributed by atoms with Crippen molar-refractivity contribution in [2.24, 2.45) is 16.1 Å². The van der Waals surface area contributed by atoms with E-state index in [0.717, 1.165) is 13.1 Å². The van der Waals surface area contributed by atoms with Crippen molar-refractivity contribution in [2.45, 2.75) is 12.6 Å². The fourth-order valence-electron chi connectivity index (χ4n) is 2.81. The van der Waals surface area contributed by atoms with Gasteiger partial charge in [0.1, 0.15) is 6.04 Å². The second-order valence-corrected chi connectivity index (χ2v) is 4.38. The minimum absolute atomic E-state index is 0.331. The molecule has 1 aromatic carbocycles. The molecule has 0 saturated carbocycles. The van der Waals surface area contributed by atoms with E-state index in [0.29, 0.717) is 12.0 Å². The highest BCUT2D eigenvalue weighted by molar-refractivity contribution is 5.81. The van der Waals surface area contributed by atoms with E-state index in [2.05, 4.69) is 45.1 Å². The Labute approximate surface area is 87.4 Å². The molecule has 0 aliphatic carbocycles. The summed E-state index contributed by atoms with van der Waals surface area (Å²) < 4.78 is 2.41. The molecule has 0 bridgehead atoms. The van der Waals surface area contributed by atoms with Crippen molar-refractivity contribution in [1.29, 1.82) is 0 Å². The third-order valence-corrected chi connectivity index (χ3v) is 3.53. The van der Waals surface area contributed by atoms with Gasteiger partial charge in [0.15, 0.2) is 0 Å². The van der Waals surface area contributed by atoms with Gasteiger partial charge in [-0.3, -0.25) is 0 Å². The highest BCUT2D eigenvalue weighted by atomic mass is 15.2. The van der Waals surface area contributed by atoms with Crippen LogP contribution in [0.15, 0.2) is 40.6 Å². The van der Waals surface area contributed by atoms with Crippen molar-refractivity contribution < 1.29 is 0 Å². The lowest BCUT2D eigenvalue weighted by Gasteiger charge is -2.03. The molecule has 74 valence electrons. The summed E-state index contributed by atoms with van der Waals surface area (Å²) >= 11 is 0. The third kappa shape index (κ3) is 0.856. The van der Waals surface area contributed by atoms with Crippen molar-refractivity contribution in [1.82, 2.24) is 4.57 Å². The normalized spacial score (nSPS) is 27.2. The van der Waals surface area contributed by atoms with Crippen molar-refractivity contribution in [2.75, 3.05) is 6.54 Å². The third-order valence-electron chi connectivity index (χ3n) is 3.53. The Bertz CT molecular complexity index is 567. The first-order valence-corrected chi connectivity index (χ1v) is 5.38. The molecular formula is C12H11N3. The molecule has 1 aromatic heterocycles. The number of nitrogens with zero attached hydrogens (tertiary/aromatic N) is 3. The summed E-state index contributed by atoms with van der Waals surface area (Å²) in [7, 11) is 0. The lowest BCUT2D eigenvalue weighted by atomic mass is 10.0. The molecule has 2 atom stereocenters. The van der Waals surface area contributed by atoms with Gasteiger partial charge >= 0.3 is 0 Å². The molecule has 2 aliphatic heterocycles. The molecule has 3 heteroatoms. The Morgan fingerprint density at radius 3 is 3.20 bits per heavy atom. The molecule has 3 nitrogen and oxygen atoms in total. The van der Waals surface area contributed by atoms with Gasteiger partial charge in [0, 0.05) is 23.7 Å². The fraction of sp³-hybridized carbons (Fsp3) is 0.333. The van der Waals surface area contributed by atoms with Gasteiger partial charge in [-0.05, 0) is 17.5 Å². The molecule has 3 heterocycles. The van der Waals surface area contributed by atoms with Crippen LogP contribution in [0.5, 0.6) is 0 Å². The SMILES string of the molecule is c1ccc2c(c1)cc1n2C[C@H]2CN=N[C@H]12. The van der Waals surface area contributed by atoms with E-state index in [-0.39, 0.29) is 0 Å². The minimum atomic E-state index is 0.331. The minimum Gasteiger partial charge on any atom is -0.342 e. The zero-order valence-corrected chi connectivity index (χ0v) is 8.30. The van der Waals surface area contributed by atoms with Crippen molar-refractivity contribution in [3.05, 3.63) is 36.0 Å². The van der Waals surface area contributed by atoms with Crippen LogP contribution in [0.3, 0.4) is 0 Å². The number of benzene rings is 1. The number of para-hydroxylation sites is 1. The zero-order valence-electron chi connectivity index (χ0n) is 8.30. The monoisotopic (exact) mass is 197 g/mol. The number of azo groups is 1. The summed E-state index contributed by atoms with van der Waals surface area (Å²) in [5.41, 5.74) is 2.69. The van der Waals surface area contributed by atoms with Gasteiger partial charge in [-0.1, -0.05) is 18.2 Å². The topological polar surface area (TPSA) is 29.6 Å². The van der Waals surface area contributed by atoms with E-state index in [1.54, 1.807) is 0 Å². The maximum atomic E-state index is 4.34. The predicted molar refractivity (Wildman–Crippen MR) is 57.9 cm³/mol. The van der Waals surface area contributed by atoms with Crippen LogP contribution in [-0.2, 0) is 6.54 Å². The maximum absolute atomic E-state index is 4.34. The Balaban J connectivity index is 2.03. The molecular weight excluding hydrogens is 186 g/mol. The number of rotatable bonds is 0. The van der Waals surface area contributed by atoms with Gasteiger partial charge in [0.05, 0.1) is 6.54 Å². The summed E-state index contributed by atoms with van der Waals surface area (Å²) in [5.74, 6) is 0.615. The highest BCUT2D eigenvalue weighted by Crippen LogP contribution is 2.41. The Hall–Kier alpha value is -1.64. The lowest BCUT2D eigenvalue weighted by molar-refractivity contribution is 0.512. The van der Waals surface area contributed by atoms with Crippen molar-refractivity contribution in [3.63, 3.8) is 0 Å². The number of aromatic nitrogens is 1. The smallest absolute Gasteiger partial charge is 0.117 e. The molecule has 2 aromatic rings. The van der Waals surface area contributed by atoms with Crippen LogP contribution in [0.25, 0.3) is 10.9 Å². The Morgan fingerprint density at radius 2 is 2.20 bits per heavy atom. The molecule has 0 amide bonds. The quantitative estimate of drug-likeness (QED) is 0.621. The summed E-state index contributed by atoms with van der Waals surface area (Å²) in [6, 6.07) is 11.2. The van der Waals surface area contributed by atoms with E-state index in [1.807, 2.05) is 0 Å². The van der Waals surface area contributed by atoms with Gasteiger partial charge in [0.2, 0.25) is 0 Å². The first-order chi connectivity index (χ1) is 7.43. The summed E-state index contributed by atoms with van der Waals surface area (Å²) in [6.07, 6.45) is 0. The number of hydrogen-bond donors (Lipinski definition) is 0. The molecule has 15 heavy (non-hydrogen) atoms.